The van der Waals surface area contributed by atoms with E-state index in [0.717, 1.165) is 0 Å². The third-order valence-electron chi connectivity index (χ3n) is 4.04. The summed E-state index contributed by atoms with van der Waals surface area (Å²) in [6, 6.07) is 0. The van der Waals surface area contributed by atoms with Crippen molar-refractivity contribution in [1.29, 1.82) is 0 Å². The molecule has 0 aliphatic carbocycles. The van der Waals surface area contributed by atoms with E-state index in [1.807, 2.05) is 34.6 Å². The molecule has 0 radical (unpaired) electrons. The van der Waals surface area contributed by atoms with Gasteiger partial charge in [-0.1, -0.05) is 6.92 Å². The van der Waals surface area contributed by atoms with Gasteiger partial charge in [0.2, 0.25) is 0 Å². The van der Waals surface area contributed by atoms with Gasteiger partial charge in [0, 0.05) is 18.6 Å². The molecule has 1 aliphatic rings. The molecule has 112 valence electrons. The van der Waals surface area contributed by atoms with Gasteiger partial charge in [0.1, 0.15) is 5.60 Å². The van der Waals surface area contributed by atoms with Crippen molar-refractivity contribution in [3.05, 3.63) is 0 Å². The minimum Gasteiger partial charge on any atom is -0.444 e. The molecule has 1 saturated heterocycles. The van der Waals surface area contributed by atoms with Crippen molar-refractivity contribution in [2.45, 2.75) is 70.6 Å². The third kappa shape index (κ3) is 3.83. The molecule has 0 aromatic heterocycles. The van der Waals surface area contributed by atoms with Crippen LogP contribution in [0.2, 0.25) is 0 Å². The van der Waals surface area contributed by atoms with Crippen LogP contribution in [0.15, 0.2) is 0 Å². The Bertz CT molecular complexity index is 326. The summed E-state index contributed by atoms with van der Waals surface area (Å²) in [6.45, 7) is 10.3. The van der Waals surface area contributed by atoms with Gasteiger partial charge in [0.15, 0.2) is 0 Å². The quantitative estimate of drug-likeness (QED) is 0.804. The zero-order valence-corrected chi connectivity index (χ0v) is 12.8. The van der Waals surface area contributed by atoms with Gasteiger partial charge in [0.05, 0.1) is 5.60 Å². The maximum atomic E-state index is 11.9. The monoisotopic (exact) mass is 272 g/mol. The first kappa shape index (κ1) is 16.2. The highest BCUT2D eigenvalue weighted by atomic mass is 16.6. The van der Waals surface area contributed by atoms with Gasteiger partial charge in [0.25, 0.3) is 0 Å². The van der Waals surface area contributed by atoms with Crippen molar-refractivity contribution in [3.63, 3.8) is 0 Å². The van der Waals surface area contributed by atoms with E-state index >= 15 is 0 Å². The molecule has 1 unspecified atom stereocenters. The molecular weight excluding hydrogens is 244 g/mol. The standard InChI is InChI=1S/C14H28N2O3/c1-6-13(5,15)14(18)7-9-16(10-8-14)11(17)19-12(2,3)4/h18H,6-10,15H2,1-5H3. The van der Waals surface area contributed by atoms with E-state index in [2.05, 4.69) is 0 Å². The number of nitrogens with two attached hydrogens (primary N) is 1. The molecule has 1 atom stereocenters. The Kier molecular flexibility index (Phi) is 4.52. The molecule has 0 bridgehead atoms. The van der Waals surface area contributed by atoms with Crippen LogP contribution in [0.25, 0.3) is 0 Å². The smallest absolute Gasteiger partial charge is 0.410 e. The summed E-state index contributed by atoms with van der Waals surface area (Å²) in [5, 5.41) is 10.6. The summed E-state index contributed by atoms with van der Waals surface area (Å²) in [7, 11) is 0. The van der Waals surface area contributed by atoms with E-state index in [1.165, 1.54) is 0 Å². The topological polar surface area (TPSA) is 75.8 Å². The van der Waals surface area contributed by atoms with Crippen molar-refractivity contribution in [3.8, 4) is 0 Å². The number of carbonyl (C=O) groups excluding carboxylic acids is 1. The maximum Gasteiger partial charge on any atom is 0.410 e. The lowest BCUT2D eigenvalue weighted by atomic mass is 9.74. The average molecular weight is 272 g/mol. The Hall–Kier alpha value is -0.810. The first-order chi connectivity index (χ1) is 8.51. The van der Waals surface area contributed by atoms with Crippen LogP contribution in [0.5, 0.6) is 0 Å². The molecule has 1 amide bonds. The Balaban J connectivity index is 2.60. The number of hydrogen-bond acceptors (Lipinski definition) is 4. The van der Waals surface area contributed by atoms with Gasteiger partial charge in [-0.15, -0.1) is 0 Å². The first-order valence-corrected chi connectivity index (χ1v) is 7.00. The summed E-state index contributed by atoms with van der Waals surface area (Å²) >= 11 is 0. The number of nitrogens with zero attached hydrogens (tertiary/aromatic N) is 1. The lowest BCUT2D eigenvalue weighted by Gasteiger charge is -2.47. The minimum absolute atomic E-state index is 0.315. The van der Waals surface area contributed by atoms with E-state index in [1.54, 1.807) is 4.90 Å². The Labute approximate surface area is 116 Å². The van der Waals surface area contributed by atoms with E-state index in [0.29, 0.717) is 32.4 Å². The van der Waals surface area contributed by atoms with Crippen molar-refractivity contribution < 1.29 is 14.6 Å². The predicted octanol–water partition coefficient (Wildman–Crippen LogP) is 1.88. The highest BCUT2D eigenvalue weighted by Crippen LogP contribution is 2.33. The second-order valence-electron chi connectivity index (χ2n) is 6.77. The summed E-state index contributed by atoms with van der Waals surface area (Å²) in [6.07, 6.45) is 1.38. The number of aliphatic hydroxyl groups is 1. The van der Waals surface area contributed by atoms with Crippen LogP contribution >= 0.6 is 0 Å². The van der Waals surface area contributed by atoms with Crippen LogP contribution in [-0.4, -0.2) is 45.9 Å². The summed E-state index contributed by atoms with van der Waals surface area (Å²) < 4.78 is 5.33. The third-order valence-corrected chi connectivity index (χ3v) is 4.04. The fourth-order valence-corrected chi connectivity index (χ4v) is 2.29. The van der Waals surface area contributed by atoms with Gasteiger partial charge < -0.3 is 20.5 Å². The van der Waals surface area contributed by atoms with E-state index in [4.69, 9.17) is 10.5 Å². The van der Waals surface area contributed by atoms with Crippen LogP contribution < -0.4 is 5.73 Å². The average Bonchev–Trinajstić information content (AvgIpc) is 2.27. The van der Waals surface area contributed by atoms with E-state index in [9.17, 15) is 9.90 Å². The molecule has 0 saturated carbocycles. The fourth-order valence-electron chi connectivity index (χ4n) is 2.29. The second-order valence-corrected chi connectivity index (χ2v) is 6.77. The van der Waals surface area contributed by atoms with Gasteiger partial charge in [-0.3, -0.25) is 0 Å². The Morgan fingerprint density at radius 1 is 1.32 bits per heavy atom. The summed E-state index contributed by atoms with van der Waals surface area (Å²) in [5.41, 5.74) is 4.15. The Morgan fingerprint density at radius 3 is 2.16 bits per heavy atom. The lowest BCUT2D eigenvalue weighted by Crippen LogP contribution is -2.63. The van der Waals surface area contributed by atoms with Crippen molar-refractivity contribution in [1.82, 2.24) is 4.90 Å². The van der Waals surface area contributed by atoms with Crippen molar-refractivity contribution in [2.75, 3.05) is 13.1 Å². The second kappa shape index (κ2) is 5.29. The first-order valence-electron chi connectivity index (χ1n) is 7.00. The molecule has 5 nitrogen and oxygen atoms in total. The molecule has 1 heterocycles. The van der Waals surface area contributed by atoms with Gasteiger partial charge >= 0.3 is 6.09 Å². The Morgan fingerprint density at radius 2 is 1.79 bits per heavy atom. The van der Waals surface area contributed by atoms with E-state index in [-0.39, 0.29) is 6.09 Å². The van der Waals surface area contributed by atoms with Crippen LogP contribution in [-0.2, 0) is 4.74 Å². The lowest BCUT2D eigenvalue weighted by molar-refractivity contribution is -0.0772. The number of piperidine rings is 1. The molecule has 19 heavy (non-hydrogen) atoms. The number of likely N-dealkylation sites (tertiary alicyclic amines) is 1. The van der Waals surface area contributed by atoms with Crippen molar-refractivity contribution in [2.24, 2.45) is 5.73 Å². The number of amides is 1. The molecule has 3 N–H and O–H groups in total. The normalized spacial score (nSPS) is 22.8. The van der Waals surface area contributed by atoms with Crippen LogP contribution in [0, 0.1) is 0 Å². The number of hydrogen-bond donors (Lipinski definition) is 2. The van der Waals surface area contributed by atoms with Crippen LogP contribution in [0.1, 0.15) is 53.9 Å². The van der Waals surface area contributed by atoms with Crippen LogP contribution in [0.4, 0.5) is 4.79 Å². The molecule has 0 spiro atoms. The predicted molar refractivity (Wildman–Crippen MR) is 74.9 cm³/mol. The van der Waals surface area contributed by atoms with Crippen LogP contribution in [0.3, 0.4) is 0 Å². The SMILES string of the molecule is CCC(C)(N)C1(O)CCN(C(=O)OC(C)(C)C)CC1. The molecule has 1 fully saturated rings. The zero-order valence-electron chi connectivity index (χ0n) is 12.8. The summed E-state index contributed by atoms with van der Waals surface area (Å²) in [4.78, 5) is 13.6. The van der Waals surface area contributed by atoms with E-state index < -0.39 is 16.7 Å². The van der Waals surface area contributed by atoms with Gasteiger partial charge in [-0.25, -0.2) is 4.79 Å². The number of ether oxygens (including phenoxy) is 1. The molecular formula is C14H28N2O3. The fraction of sp³-hybridized carbons (Fsp3) is 0.929. The highest BCUT2D eigenvalue weighted by molar-refractivity contribution is 5.68. The zero-order chi connectivity index (χ0) is 14.9. The number of rotatable bonds is 2. The van der Waals surface area contributed by atoms with Gasteiger partial charge in [-0.05, 0) is 47.0 Å². The molecule has 0 aromatic carbocycles. The minimum atomic E-state index is -0.903. The molecule has 5 heteroatoms. The maximum absolute atomic E-state index is 11.9. The number of carbonyl (C=O) groups is 1. The van der Waals surface area contributed by atoms with Crippen molar-refractivity contribution >= 4 is 6.09 Å². The molecule has 1 rings (SSSR count). The largest absolute Gasteiger partial charge is 0.444 e. The summed E-state index contributed by atoms with van der Waals surface area (Å²) in [5.74, 6) is 0. The molecule has 1 aliphatic heterocycles. The highest BCUT2D eigenvalue weighted by Gasteiger charge is 2.45. The van der Waals surface area contributed by atoms with Gasteiger partial charge in [-0.2, -0.15) is 0 Å². The molecule has 0 aromatic rings.